The summed E-state index contributed by atoms with van der Waals surface area (Å²) in [5.41, 5.74) is 2.16. The van der Waals surface area contributed by atoms with Gasteiger partial charge in [0.25, 0.3) is 0 Å². The SMILES string of the molecule is COc1ccc(C)cc1-c1nncn1C(C)C. The summed E-state index contributed by atoms with van der Waals surface area (Å²) in [6.07, 6.45) is 1.75. The Morgan fingerprint density at radius 1 is 1.29 bits per heavy atom. The molecule has 4 nitrogen and oxygen atoms in total. The number of ether oxygens (including phenoxy) is 1. The van der Waals surface area contributed by atoms with Crippen LogP contribution < -0.4 is 4.74 Å². The summed E-state index contributed by atoms with van der Waals surface area (Å²) in [4.78, 5) is 0. The highest BCUT2D eigenvalue weighted by Gasteiger charge is 2.14. The van der Waals surface area contributed by atoms with Crippen LogP contribution in [-0.4, -0.2) is 21.9 Å². The van der Waals surface area contributed by atoms with Crippen molar-refractivity contribution >= 4 is 0 Å². The van der Waals surface area contributed by atoms with Crippen LogP contribution in [0.1, 0.15) is 25.5 Å². The van der Waals surface area contributed by atoms with E-state index < -0.39 is 0 Å². The number of aryl methyl sites for hydroxylation is 1. The molecule has 1 aromatic carbocycles. The van der Waals surface area contributed by atoms with Crippen LogP contribution in [0.4, 0.5) is 0 Å². The van der Waals surface area contributed by atoms with Crippen molar-refractivity contribution in [2.24, 2.45) is 0 Å². The van der Waals surface area contributed by atoms with Crippen LogP contribution in [0.5, 0.6) is 5.75 Å². The van der Waals surface area contributed by atoms with E-state index in [9.17, 15) is 0 Å². The highest BCUT2D eigenvalue weighted by molar-refractivity contribution is 5.65. The lowest BCUT2D eigenvalue weighted by atomic mass is 10.1. The minimum Gasteiger partial charge on any atom is -0.496 e. The standard InChI is InChI=1S/C13H17N3O/c1-9(2)16-8-14-15-13(16)11-7-10(3)5-6-12(11)17-4/h5-9H,1-4H3. The number of nitrogens with zero attached hydrogens (tertiary/aromatic N) is 3. The van der Waals surface area contributed by atoms with Crippen molar-refractivity contribution in [1.29, 1.82) is 0 Å². The van der Waals surface area contributed by atoms with E-state index in [-0.39, 0.29) is 0 Å². The number of rotatable bonds is 3. The molecule has 0 aliphatic rings. The molecule has 0 aliphatic carbocycles. The molecule has 0 saturated carbocycles. The molecule has 1 aromatic heterocycles. The summed E-state index contributed by atoms with van der Waals surface area (Å²) in [6.45, 7) is 6.27. The molecule has 0 unspecified atom stereocenters. The fourth-order valence-electron chi connectivity index (χ4n) is 1.81. The third-order valence-electron chi connectivity index (χ3n) is 2.73. The van der Waals surface area contributed by atoms with Gasteiger partial charge < -0.3 is 9.30 Å². The minimum atomic E-state index is 0.324. The zero-order valence-electron chi connectivity index (χ0n) is 10.6. The molecule has 0 atom stereocenters. The highest BCUT2D eigenvalue weighted by Crippen LogP contribution is 2.30. The van der Waals surface area contributed by atoms with Crippen molar-refractivity contribution in [3.63, 3.8) is 0 Å². The Labute approximate surface area is 101 Å². The van der Waals surface area contributed by atoms with Gasteiger partial charge in [0, 0.05) is 6.04 Å². The predicted molar refractivity (Wildman–Crippen MR) is 67.1 cm³/mol. The maximum absolute atomic E-state index is 5.38. The van der Waals surface area contributed by atoms with E-state index in [1.54, 1.807) is 13.4 Å². The lowest BCUT2D eigenvalue weighted by molar-refractivity contribution is 0.415. The second kappa shape index (κ2) is 4.57. The van der Waals surface area contributed by atoms with Crippen LogP contribution in [0.25, 0.3) is 11.4 Å². The monoisotopic (exact) mass is 231 g/mol. The van der Waals surface area contributed by atoms with Gasteiger partial charge in [0.1, 0.15) is 12.1 Å². The molecule has 1 heterocycles. The molecule has 17 heavy (non-hydrogen) atoms. The first-order valence-electron chi connectivity index (χ1n) is 5.68. The van der Waals surface area contributed by atoms with Crippen molar-refractivity contribution in [3.05, 3.63) is 30.1 Å². The quantitative estimate of drug-likeness (QED) is 0.815. The van der Waals surface area contributed by atoms with Crippen LogP contribution >= 0.6 is 0 Å². The van der Waals surface area contributed by atoms with Gasteiger partial charge in [-0.05, 0) is 32.9 Å². The van der Waals surface area contributed by atoms with Crippen LogP contribution in [0.3, 0.4) is 0 Å². The first kappa shape index (κ1) is 11.6. The van der Waals surface area contributed by atoms with E-state index in [0.29, 0.717) is 6.04 Å². The average Bonchev–Trinajstić information content (AvgIpc) is 2.77. The summed E-state index contributed by atoms with van der Waals surface area (Å²) < 4.78 is 7.42. The average molecular weight is 231 g/mol. The Hall–Kier alpha value is -1.84. The normalized spacial score (nSPS) is 10.9. The smallest absolute Gasteiger partial charge is 0.167 e. The van der Waals surface area contributed by atoms with Crippen molar-refractivity contribution in [2.75, 3.05) is 7.11 Å². The Kier molecular flexibility index (Phi) is 3.13. The largest absolute Gasteiger partial charge is 0.496 e. The van der Waals surface area contributed by atoms with Gasteiger partial charge in [0.2, 0.25) is 0 Å². The van der Waals surface area contributed by atoms with Crippen molar-refractivity contribution in [3.8, 4) is 17.1 Å². The molecule has 0 radical (unpaired) electrons. The second-order valence-corrected chi connectivity index (χ2v) is 4.36. The van der Waals surface area contributed by atoms with E-state index >= 15 is 0 Å². The number of methoxy groups -OCH3 is 1. The summed E-state index contributed by atoms with van der Waals surface area (Å²) in [5.74, 6) is 1.67. The number of benzene rings is 1. The second-order valence-electron chi connectivity index (χ2n) is 4.36. The van der Waals surface area contributed by atoms with Crippen molar-refractivity contribution in [1.82, 2.24) is 14.8 Å². The third kappa shape index (κ3) is 2.16. The van der Waals surface area contributed by atoms with Crippen LogP contribution in [0.15, 0.2) is 24.5 Å². The molecular formula is C13H17N3O. The summed E-state index contributed by atoms with van der Waals surface area (Å²) >= 11 is 0. The lowest BCUT2D eigenvalue weighted by Crippen LogP contribution is -2.03. The molecule has 0 spiro atoms. The zero-order chi connectivity index (χ0) is 12.4. The molecule has 2 aromatic rings. The molecule has 0 fully saturated rings. The highest BCUT2D eigenvalue weighted by atomic mass is 16.5. The first-order chi connectivity index (χ1) is 8.13. The third-order valence-corrected chi connectivity index (χ3v) is 2.73. The van der Waals surface area contributed by atoms with Gasteiger partial charge in [-0.15, -0.1) is 10.2 Å². The molecule has 2 rings (SSSR count). The Bertz CT molecular complexity index is 517. The molecule has 0 aliphatic heterocycles. The van der Waals surface area contributed by atoms with Gasteiger partial charge in [-0.3, -0.25) is 0 Å². The fourth-order valence-corrected chi connectivity index (χ4v) is 1.81. The number of aromatic nitrogens is 3. The molecular weight excluding hydrogens is 214 g/mol. The zero-order valence-corrected chi connectivity index (χ0v) is 10.6. The summed E-state index contributed by atoms with van der Waals surface area (Å²) in [5, 5.41) is 8.17. The van der Waals surface area contributed by atoms with E-state index in [0.717, 1.165) is 17.1 Å². The lowest BCUT2D eigenvalue weighted by Gasteiger charge is -2.13. The van der Waals surface area contributed by atoms with Gasteiger partial charge in [-0.2, -0.15) is 0 Å². The van der Waals surface area contributed by atoms with Crippen molar-refractivity contribution in [2.45, 2.75) is 26.8 Å². The Morgan fingerprint density at radius 2 is 2.06 bits per heavy atom. The predicted octanol–water partition coefficient (Wildman–Crippen LogP) is 2.84. The minimum absolute atomic E-state index is 0.324. The van der Waals surface area contributed by atoms with Gasteiger partial charge >= 0.3 is 0 Å². The molecule has 0 saturated heterocycles. The van der Waals surface area contributed by atoms with Crippen LogP contribution in [0.2, 0.25) is 0 Å². The van der Waals surface area contributed by atoms with Crippen LogP contribution in [-0.2, 0) is 0 Å². The molecule has 0 bridgehead atoms. The summed E-state index contributed by atoms with van der Waals surface area (Å²) in [7, 11) is 1.67. The van der Waals surface area contributed by atoms with Gasteiger partial charge in [-0.25, -0.2) is 0 Å². The van der Waals surface area contributed by atoms with Gasteiger partial charge in [0.05, 0.1) is 12.7 Å². The number of hydrogen-bond donors (Lipinski definition) is 0. The van der Waals surface area contributed by atoms with Crippen LogP contribution in [0, 0.1) is 6.92 Å². The molecule has 4 heteroatoms. The van der Waals surface area contributed by atoms with E-state index in [2.05, 4.69) is 37.0 Å². The number of hydrogen-bond acceptors (Lipinski definition) is 3. The van der Waals surface area contributed by atoms with E-state index in [1.807, 2.05) is 16.7 Å². The van der Waals surface area contributed by atoms with E-state index in [4.69, 9.17) is 4.74 Å². The first-order valence-corrected chi connectivity index (χ1v) is 5.68. The van der Waals surface area contributed by atoms with E-state index in [1.165, 1.54) is 5.56 Å². The fraction of sp³-hybridized carbons (Fsp3) is 0.385. The van der Waals surface area contributed by atoms with Gasteiger partial charge in [-0.1, -0.05) is 11.6 Å². The molecule has 90 valence electrons. The molecule has 0 N–H and O–H groups in total. The summed E-state index contributed by atoms with van der Waals surface area (Å²) in [6, 6.07) is 6.38. The topological polar surface area (TPSA) is 39.9 Å². The van der Waals surface area contributed by atoms with Gasteiger partial charge in [0.15, 0.2) is 5.82 Å². The Morgan fingerprint density at radius 3 is 2.71 bits per heavy atom. The Balaban J connectivity index is 2.59. The maximum Gasteiger partial charge on any atom is 0.167 e. The van der Waals surface area contributed by atoms with Crippen molar-refractivity contribution < 1.29 is 4.74 Å². The maximum atomic E-state index is 5.38. The molecule has 0 amide bonds.